The van der Waals surface area contributed by atoms with Crippen LogP contribution in [0.25, 0.3) is 0 Å². The molecule has 1 aromatic heterocycles. The molecule has 0 radical (unpaired) electrons. The van der Waals surface area contributed by atoms with Crippen LogP contribution < -0.4 is 10.6 Å². The number of anilines is 1. The van der Waals surface area contributed by atoms with Crippen molar-refractivity contribution in [2.24, 2.45) is 5.92 Å². The summed E-state index contributed by atoms with van der Waals surface area (Å²) in [6.45, 7) is 3.20. The van der Waals surface area contributed by atoms with Crippen LogP contribution in [0.4, 0.5) is 5.69 Å². The molecule has 1 aliphatic carbocycles. The molecule has 0 bridgehead atoms. The fourth-order valence-electron chi connectivity index (χ4n) is 3.74. The summed E-state index contributed by atoms with van der Waals surface area (Å²) in [5, 5.41) is 8.02. The van der Waals surface area contributed by atoms with E-state index in [1.807, 2.05) is 13.1 Å². The first-order chi connectivity index (χ1) is 9.74. The van der Waals surface area contributed by atoms with Crippen LogP contribution in [0.2, 0.25) is 5.15 Å². The SMILES string of the molecule is Cc1cc(NC2CCCC2C2CCCCN2)cnc1Cl. The lowest BCUT2D eigenvalue weighted by molar-refractivity contribution is 0.286. The number of hydrogen-bond acceptors (Lipinski definition) is 3. The number of halogens is 1. The average Bonchev–Trinajstić information content (AvgIpc) is 2.92. The molecule has 1 saturated carbocycles. The Labute approximate surface area is 126 Å². The molecule has 2 N–H and O–H groups in total. The van der Waals surface area contributed by atoms with Gasteiger partial charge in [0.1, 0.15) is 5.15 Å². The van der Waals surface area contributed by atoms with Gasteiger partial charge in [-0.25, -0.2) is 4.98 Å². The van der Waals surface area contributed by atoms with E-state index in [9.17, 15) is 0 Å². The molecule has 2 aliphatic rings. The van der Waals surface area contributed by atoms with Crippen molar-refractivity contribution in [1.29, 1.82) is 0 Å². The third-order valence-electron chi connectivity index (χ3n) is 4.80. The fraction of sp³-hybridized carbons (Fsp3) is 0.688. The second kappa shape index (κ2) is 6.31. The van der Waals surface area contributed by atoms with Crippen molar-refractivity contribution >= 4 is 17.3 Å². The minimum Gasteiger partial charge on any atom is -0.381 e. The van der Waals surface area contributed by atoms with E-state index in [1.54, 1.807) is 0 Å². The van der Waals surface area contributed by atoms with Crippen LogP contribution in [0.5, 0.6) is 0 Å². The van der Waals surface area contributed by atoms with Gasteiger partial charge in [-0.1, -0.05) is 24.4 Å². The van der Waals surface area contributed by atoms with Gasteiger partial charge in [-0.05, 0) is 56.7 Å². The van der Waals surface area contributed by atoms with Crippen LogP contribution in [0.3, 0.4) is 0 Å². The third kappa shape index (κ3) is 3.09. The van der Waals surface area contributed by atoms with E-state index in [2.05, 4.69) is 21.7 Å². The van der Waals surface area contributed by atoms with Gasteiger partial charge < -0.3 is 10.6 Å². The maximum absolute atomic E-state index is 6.00. The smallest absolute Gasteiger partial charge is 0.132 e. The fourth-order valence-corrected chi connectivity index (χ4v) is 3.85. The second-order valence-electron chi connectivity index (χ2n) is 6.23. The van der Waals surface area contributed by atoms with Crippen LogP contribution in [-0.4, -0.2) is 23.6 Å². The summed E-state index contributed by atoms with van der Waals surface area (Å²) >= 11 is 6.00. The number of aryl methyl sites for hydroxylation is 1. The molecule has 0 aromatic carbocycles. The highest BCUT2D eigenvalue weighted by molar-refractivity contribution is 6.30. The first kappa shape index (κ1) is 14.2. The van der Waals surface area contributed by atoms with E-state index >= 15 is 0 Å². The van der Waals surface area contributed by atoms with Gasteiger partial charge in [0.05, 0.1) is 11.9 Å². The molecule has 3 atom stereocenters. The number of piperidine rings is 1. The Morgan fingerprint density at radius 2 is 2.15 bits per heavy atom. The molecule has 1 saturated heterocycles. The first-order valence-corrected chi connectivity index (χ1v) is 8.24. The van der Waals surface area contributed by atoms with Gasteiger partial charge in [-0.3, -0.25) is 0 Å². The monoisotopic (exact) mass is 293 g/mol. The molecule has 20 heavy (non-hydrogen) atoms. The maximum atomic E-state index is 6.00. The minimum atomic E-state index is 0.577. The molecule has 2 fully saturated rings. The zero-order chi connectivity index (χ0) is 13.9. The van der Waals surface area contributed by atoms with Gasteiger partial charge in [-0.15, -0.1) is 0 Å². The van der Waals surface area contributed by atoms with Crippen molar-refractivity contribution in [3.63, 3.8) is 0 Å². The molecule has 3 nitrogen and oxygen atoms in total. The molecular formula is C16H24ClN3. The largest absolute Gasteiger partial charge is 0.381 e. The Hall–Kier alpha value is -0.800. The Bertz CT molecular complexity index is 457. The average molecular weight is 294 g/mol. The molecule has 0 amide bonds. The van der Waals surface area contributed by atoms with Crippen molar-refractivity contribution in [1.82, 2.24) is 10.3 Å². The molecule has 4 heteroatoms. The van der Waals surface area contributed by atoms with E-state index < -0.39 is 0 Å². The summed E-state index contributed by atoms with van der Waals surface area (Å²) in [7, 11) is 0. The van der Waals surface area contributed by atoms with E-state index in [1.165, 1.54) is 45.1 Å². The predicted octanol–water partition coefficient (Wildman–Crippen LogP) is 3.77. The lowest BCUT2D eigenvalue weighted by Gasteiger charge is -2.33. The Morgan fingerprint density at radius 3 is 2.90 bits per heavy atom. The zero-order valence-electron chi connectivity index (χ0n) is 12.2. The number of aromatic nitrogens is 1. The lowest BCUT2D eigenvalue weighted by Crippen LogP contribution is -2.44. The lowest BCUT2D eigenvalue weighted by atomic mass is 9.88. The number of pyridine rings is 1. The van der Waals surface area contributed by atoms with Crippen molar-refractivity contribution in [2.75, 3.05) is 11.9 Å². The minimum absolute atomic E-state index is 0.577. The van der Waals surface area contributed by atoms with Crippen LogP contribution in [-0.2, 0) is 0 Å². The van der Waals surface area contributed by atoms with E-state index in [-0.39, 0.29) is 0 Å². The van der Waals surface area contributed by atoms with E-state index in [0.29, 0.717) is 17.2 Å². The Balaban J connectivity index is 1.67. The Kier molecular flexibility index (Phi) is 4.47. The molecule has 1 aromatic rings. The number of hydrogen-bond donors (Lipinski definition) is 2. The van der Waals surface area contributed by atoms with Gasteiger partial charge in [0.2, 0.25) is 0 Å². The summed E-state index contributed by atoms with van der Waals surface area (Å²) in [6, 6.07) is 3.39. The van der Waals surface area contributed by atoms with Crippen molar-refractivity contribution in [2.45, 2.75) is 57.5 Å². The van der Waals surface area contributed by atoms with Gasteiger partial charge in [0, 0.05) is 12.1 Å². The van der Waals surface area contributed by atoms with E-state index in [0.717, 1.165) is 17.2 Å². The molecule has 3 unspecified atom stereocenters. The molecule has 0 spiro atoms. The maximum Gasteiger partial charge on any atom is 0.132 e. The predicted molar refractivity (Wildman–Crippen MR) is 84.4 cm³/mol. The van der Waals surface area contributed by atoms with Gasteiger partial charge >= 0.3 is 0 Å². The first-order valence-electron chi connectivity index (χ1n) is 7.86. The standard InChI is InChI=1S/C16H24ClN3/c1-11-9-12(10-19-16(11)17)20-15-7-4-5-13(15)14-6-2-3-8-18-14/h9-10,13-15,18,20H,2-8H2,1H3. The van der Waals surface area contributed by atoms with E-state index in [4.69, 9.17) is 11.6 Å². The summed E-state index contributed by atoms with van der Waals surface area (Å²) in [6.07, 6.45) is 9.85. The molecule has 110 valence electrons. The highest BCUT2D eigenvalue weighted by atomic mass is 35.5. The summed E-state index contributed by atoms with van der Waals surface area (Å²) in [5.74, 6) is 0.756. The normalized spacial score (nSPS) is 30.4. The number of nitrogens with one attached hydrogen (secondary N) is 2. The quantitative estimate of drug-likeness (QED) is 0.833. The van der Waals surface area contributed by atoms with Crippen molar-refractivity contribution in [3.05, 3.63) is 23.0 Å². The summed E-state index contributed by atoms with van der Waals surface area (Å²) in [5.41, 5.74) is 2.15. The Morgan fingerprint density at radius 1 is 1.25 bits per heavy atom. The summed E-state index contributed by atoms with van der Waals surface area (Å²) in [4.78, 5) is 4.25. The molecule has 3 rings (SSSR count). The molecule has 1 aliphatic heterocycles. The highest BCUT2D eigenvalue weighted by Gasteiger charge is 2.34. The zero-order valence-corrected chi connectivity index (χ0v) is 12.9. The van der Waals surface area contributed by atoms with Crippen LogP contribution in [0.1, 0.15) is 44.1 Å². The highest BCUT2D eigenvalue weighted by Crippen LogP contribution is 2.34. The van der Waals surface area contributed by atoms with Crippen LogP contribution >= 0.6 is 11.6 Å². The van der Waals surface area contributed by atoms with Crippen LogP contribution in [0.15, 0.2) is 12.3 Å². The van der Waals surface area contributed by atoms with Gasteiger partial charge in [0.25, 0.3) is 0 Å². The van der Waals surface area contributed by atoms with Gasteiger partial charge in [-0.2, -0.15) is 0 Å². The van der Waals surface area contributed by atoms with Crippen LogP contribution in [0, 0.1) is 12.8 Å². The van der Waals surface area contributed by atoms with Gasteiger partial charge in [0.15, 0.2) is 0 Å². The van der Waals surface area contributed by atoms with Crippen molar-refractivity contribution < 1.29 is 0 Å². The molecular weight excluding hydrogens is 270 g/mol. The van der Waals surface area contributed by atoms with Crippen molar-refractivity contribution in [3.8, 4) is 0 Å². The topological polar surface area (TPSA) is 37.0 Å². The third-order valence-corrected chi connectivity index (χ3v) is 5.20. The molecule has 2 heterocycles. The number of nitrogens with zero attached hydrogens (tertiary/aromatic N) is 1. The number of rotatable bonds is 3. The second-order valence-corrected chi connectivity index (χ2v) is 6.59. The summed E-state index contributed by atoms with van der Waals surface area (Å²) < 4.78 is 0.